The van der Waals surface area contributed by atoms with Crippen molar-refractivity contribution in [1.82, 2.24) is 10.1 Å². The van der Waals surface area contributed by atoms with Crippen LogP contribution in [0.25, 0.3) is 11.4 Å². The van der Waals surface area contributed by atoms with Gasteiger partial charge in [0.25, 0.3) is 0 Å². The van der Waals surface area contributed by atoms with Crippen molar-refractivity contribution in [2.45, 2.75) is 12.8 Å². The second kappa shape index (κ2) is 9.90. The predicted octanol–water partition coefficient (Wildman–Crippen LogP) is 6.00. The van der Waals surface area contributed by atoms with Crippen molar-refractivity contribution in [2.75, 3.05) is 0 Å². The maximum atomic E-state index is 14.1. The Morgan fingerprint density at radius 1 is 0.844 bits per heavy atom. The quantitative estimate of drug-likeness (QED) is 0.386. The number of nitrogens with zero attached hydrogens (tertiary/aromatic N) is 2. The molecule has 0 bridgehead atoms. The van der Waals surface area contributed by atoms with E-state index in [9.17, 15) is 22.0 Å². The van der Waals surface area contributed by atoms with Gasteiger partial charge in [0, 0.05) is 5.56 Å². The average Bonchev–Trinajstić information content (AvgIpc) is 3.27. The number of para-hydroxylation sites is 2. The van der Waals surface area contributed by atoms with E-state index in [1.165, 1.54) is 6.07 Å². The summed E-state index contributed by atoms with van der Waals surface area (Å²) in [5.41, 5.74) is -0.648. The lowest BCUT2D eigenvalue weighted by atomic mass is 10.1. The number of benzene rings is 3. The molecule has 4 rings (SSSR count). The van der Waals surface area contributed by atoms with Gasteiger partial charge in [0.15, 0.2) is 11.6 Å². The molecule has 0 spiro atoms. The number of phenolic OH excluding ortho intramolecular Hbond substituents is 1. The number of rotatable bonds is 4. The fraction of sp³-hybridized carbons (Fsp3) is 0.0909. The zero-order chi connectivity index (χ0) is 23.1. The highest BCUT2D eigenvalue weighted by Gasteiger charge is 2.38. The van der Waals surface area contributed by atoms with Gasteiger partial charge in [-0.2, -0.15) is 18.2 Å². The molecular formula is C22H15F5N2O3. The molecule has 0 aliphatic heterocycles. The number of ether oxygens (including phenoxy) is 1. The predicted molar refractivity (Wildman–Crippen MR) is 104 cm³/mol. The van der Waals surface area contributed by atoms with Crippen molar-refractivity contribution >= 4 is 0 Å². The summed E-state index contributed by atoms with van der Waals surface area (Å²) in [6.07, 6.45) is -4.87. The van der Waals surface area contributed by atoms with Crippen LogP contribution in [-0.4, -0.2) is 15.2 Å². The van der Waals surface area contributed by atoms with Crippen LogP contribution in [0.1, 0.15) is 11.5 Å². The largest absolute Gasteiger partial charge is 0.508 e. The van der Waals surface area contributed by atoms with E-state index in [0.29, 0.717) is 11.5 Å². The van der Waals surface area contributed by atoms with Crippen molar-refractivity contribution < 1.29 is 36.3 Å². The zero-order valence-electron chi connectivity index (χ0n) is 16.2. The number of aromatic nitrogens is 2. The van der Waals surface area contributed by atoms with Crippen LogP contribution < -0.4 is 4.74 Å². The summed E-state index contributed by atoms with van der Waals surface area (Å²) in [7, 11) is 0. The molecule has 1 heterocycles. The third-order valence-corrected chi connectivity index (χ3v) is 3.97. The third kappa shape index (κ3) is 5.81. The number of hydrogen-bond donors (Lipinski definition) is 1. The Kier molecular flexibility index (Phi) is 7.04. The van der Waals surface area contributed by atoms with Crippen LogP contribution in [0.4, 0.5) is 22.0 Å². The van der Waals surface area contributed by atoms with Gasteiger partial charge in [0.1, 0.15) is 18.1 Å². The molecule has 3 aromatic carbocycles. The fourth-order valence-electron chi connectivity index (χ4n) is 2.43. The van der Waals surface area contributed by atoms with Crippen molar-refractivity contribution in [2.24, 2.45) is 0 Å². The maximum absolute atomic E-state index is 14.1. The molecule has 10 heteroatoms. The van der Waals surface area contributed by atoms with Crippen molar-refractivity contribution in [1.29, 1.82) is 0 Å². The topological polar surface area (TPSA) is 68.4 Å². The van der Waals surface area contributed by atoms with E-state index >= 15 is 0 Å². The van der Waals surface area contributed by atoms with Gasteiger partial charge in [-0.05, 0) is 30.3 Å². The molecule has 5 nitrogen and oxygen atoms in total. The fourth-order valence-corrected chi connectivity index (χ4v) is 2.43. The minimum Gasteiger partial charge on any atom is -0.508 e. The van der Waals surface area contributed by atoms with Crippen molar-refractivity contribution in [3.05, 3.63) is 95.9 Å². The summed E-state index contributed by atoms with van der Waals surface area (Å²) >= 11 is 0. The molecule has 0 radical (unpaired) electrons. The van der Waals surface area contributed by atoms with Crippen LogP contribution in [0.3, 0.4) is 0 Å². The van der Waals surface area contributed by atoms with Gasteiger partial charge in [-0.1, -0.05) is 47.6 Å². The summed E-state index contributed by atoms with van der Waals surface area (Å²) in [6, 6.07) is 19.4. The third-order valence-electron chi connectivity index (χ3n) is 3.97. The molecule has 0 aliphatic rings. The van der Waals surface area contributed by atoms with Gasteiger partial charge in [-0.25, -0.2) is 8.78 Å². The molecule has 0 aliphatic carbocycles. The van der Waals surface area contributed by atoms with Crippen LogP contribution in [0.5, 0.6) is 11.5 Å². The van der Waals surface area contributed by atoms with E-state index in [-0.39, 0.29) is 12.2 Å². The number of phenols is 1. The monoisotopic (exact) mass is 450 g/mol. The number of aromatic hydroxyl groups is 1. The molecular weight excluding hydrogens is 435 g/mol. The Balaban J connectivity index is 0.000000352. The van der Waals surface area contributed by atoms with Crippen LogP contribution in [0, 0.1) is 11.6 Å². The van der Waals surface area contributed by atoms with Gasteiger partial charge < -0.3 is 14.4 Å². The SMILES string of the molecule is Fc1c(COc2ccccc2)ccc(-c2noc(C(F)(F)F)n2)c1F.Oc1ccccc1. The standard InChI is InChI=1S/C16H9F5N2O2.C6H6O/c17-12-9(8-24-10-4-2-1-3-5-10)6-7-11(13(12)18)14-22-15(25-23-14)16(19,20)21;7-6-4-2-1-3-5-6/h1-7H,8H2;1-5,7H. The Morgan fingerprint density at radius 3 is 2.00 bits per heavy atom. The van der Waals surface area contributed by atoms with E-state index in [1.807, 2.05) is 6.07 Å². The van der Waals surface area contributed by atoms with Crippen molar-refractivity contribution in [3.63, 3.8) is 0 Å². The van der Waals surface area contributed by atoms with E-state index in [4.69, 9.17) is 9.84 Å². The highest BCUT2D eigenvalue weighted by molar-refractivity contribution is 5.56. The number of halogens is 5. The molecule has 166 valence electrons. The summed E-state index contributed by atoms with van der Waals surface area (Å²) < 4.78 is 74.9. The Hall–Kier alpha value is -3.95. The maximum Gasteiger partial charge on any atom is 0.471 e. The molecule has 0 amide bonds. The van der Waals surface area contributed by atoms with E-state index in [1.54, 1.807) is 54.6 Å². The summed E-state index contributed by atoms with van der Waals surface area (Å²) in [6.45, 7) is -0.257. The second-order valence-electron chi connectivity index (χ2n) is 6.26. The minimum absolute atomic E-state index is 0.107. The molecule has 0 saturated heterocycles. The lowest BCUT2D eigenvalue weighted by molar-refractivity contribution is -0.159. The highest BCUT2D eigenvalue weighted by Crippen LogP contribution is 2.31. The van der Waals surface area contributed by atoms with Crippen LogP contribution in [-0.2, 0) is 12.8 Å². The van der Waals surface area contributed by atoms with Crippen molar-refractivity contribution in [3.8, 4) is 22.9 Å². The first-order chi connectivity index (χ1) is 15.3. The first-order valence-electron chi connectivity index (χ1n) is 9.05. The second-order valence-corrected chi connectivity index (χ2v) is 6.26. The Bertz CT molecular complexity index is 1150. The minimum atomic E-state index is -4.87. The molecule has 1 aromatic heterocycles. The van der Waals surface area contributed by atoms with Crippen LogP contribution in [0.15, 0.2) is 77.3 Å². The average molecular weight is 450 g/mol. The molecule has 0 saturated carbocycles. The lowest BCUT2D eigenvalue weighted by Gasteiger charge is -2.08. The first kappa shape index (κ1) is 22.7. The number of hydrogen-bond acceptors (Lipinski definition) is 5. The normalized spacial score (nSPS) is 10.9. The number of alkyl halides is 3. The molecule has 4 aromatic rings. The Labute approximate surface area is 178 Å². The molecule has 0 atom stereocenters. The summed E-state index contributed by atoms with van der Waals surface area (Å²) in [5.74, 6) is -4.20. The zero-order valence-corrected chi connectivity index (χ0v) is 16.2. The van der Waals surface area contributed by atoms with Gasteiger partial charge in [-0.3, -0.25) is 0 Å². The molecule has 0 unspecified atom stereocenters. The van der Waals surface area contributed by atoms with Gasteiger partial charge in [0.2, 0.25) is 5.82 Å². The van der Waals surface area contributed by atoms with Crippen LogP contribution in [0.2, 0.25) is 0 Å². The Morgan fingerprint density at radius 2 is 1.47 bits per heavy atom. The van der Waals surface area contributed by atoms with E-state index in [2.05, 4.69) is 14.7 Å². The molecule has 32 heavy (non-hydrogen) atoms. The molecule has 1 N–H and O–H groups in total. The summed E-state index contributed by atoms with van der Waals surface area (Å²) in [5, 5.41) is 11.7. The summed E-state index contributed by atoms with van der Waals surface area (Å²) in [4.78, 5) is 3.04. The highest BCUT2D eigenvalue weighted by atomic mass is 19.4. The smallest absolute Gasteiger partial charge is 0.471 e. The van der Waals surface area contributed by atoms with Gasteiger partial charge >= 0.3 is 12.1 Å². The first-order valence-corrected chi connectivity index (χ1v) is 9.05. The van der Waals surface area contributed by atoms with E-state index in [0.717, 1.165) is 6.07 Å². The molecule has 0 fully saturated rings. The van der Waals surface area contributed by atoms with E-state index < -0.39 is 35.1 Å². The lowest BCUT2D eigenvalue weighted by Crippen LogP contribution is -2.05. The van der Waals surface area contributed by atoms with Crippen LogP contribution >= 0.6 is 0 Å². The van der Waals surface area contributed by atoms with Gasteiger partial charge in [0.05, 0.1) is 5.56 Å². The van der Waals surface area contributed by atoms with Gasteiger partial charge in [-0.15, -0.1) is 0 Å².